The summed E-state index contributed by atoms with van der Waals surface area (Å²) in [5.41, 5.74) is -1.54. The Hall–Kier alpha value is -1.06. The molecule has 1 atom stereocenters. The van der Waals surface area contributed by atoms with Crippen molar-refractivity contribution in [2.24, 2.45) is 39.9 Å². The average molecular weight is 407 g/mol. The zero-order chi connectivity index (χ0) is 21.8. The lowest BCUT2D eigenvalue weighted by Gasteiger charge is -2.60. The Morgan fingerprint density at radius 2 is 1.34 bits per heavy atom. The number of carbonyl (C=O) groups is 2. The molecule has 0 saturated heterocycles. The largest absolute Gasteiger partial charge is 0.469 e. The molecule has 4 aliphatic carbocycles. The van der Waals surface area contributed by atoms with Crippen LogP contribution in [0.2, 0.25) is 0 Å². The van der Waals surface area contributed by atoms with Crippen LogP contribution in [-0.4, -0.2) is 24.6 Å². The van der Waals surface area contributed by atoms with Crippen molar-refractivity contribution in [2.45, 2.75) is 99.0 Å². The van der Waals surface area contributed by atoms with Gasteiger partial charge in [0.05, 0.1) is 18.9 Å². The highest BCUT2D eigenvalue weighted by Crippen LogP contribution is 2.61. The fourth-order valence-corrected chi connectivity index (χ4v) is 6.76. The molecule has 0 N–H and O–H groups in total. The van der Waals surface area contributed by atoms with Gasteiger partial charge in [0, 0.05) is 11.8 Å². The third-order valence-corrected chi connectivity index (χ3v) is 8.44. The Kier molecular flexibility index (Phi) is 5.67. The lowest BCUT2D eigenvalue weighted by molar-refractivity contribution is -0.227. The van der Waals surface area contributed by atoms with E-state index >= 15 is 0 Å². The molecule has 166 valence electrons. The maximum atomic E-state index is 13.9. The van der Waals surface area contributed by atoms with Gasteiger partial charge in [0.15, 0.2) is 0 Å². The van der Waals surface area contributed by atoms with Crippen molar-refractivity contribution in [3.05, 3.63) is 0 Å². The van der Waals surface area contributed by atoms with E-state index in [-0.39, 0.29) is 29.2 Å². The number of carbonyl (C=O) groups excluding carboxylic acids is 2. The normalized spacial score (nSPS) is 35.9. The van der Waals surface area contributed by atoms with Crippen LogP contribution in [0, 0.1) is 39.9 Å². The smallest absolute Gasteiger partial charge is 0.312 e. The molecule has 29 heavy (non-hydrogen) atoms. The van der Waals surface area contributed by atoms with E-state index in [1.165, 1.54) is 13.5 Å². The number of hydrogen-bond acceptors (Lipinski definition) is 4. The zero-order valence-corrected chi connectivity index (χ0v) is 19.9. The van der Waals surface area contributed by atoms with Gasteiger partial charge in [-0.25, -0.2) is 0 Å². The van der Waals surface area contributed by atoms with E-state index in [1.54, 1.807) is 0 Å². The maximum Gasteiger partial charge on any atom is 0.312 e. The highest BCUT2D eigenvalue weighted by molar-refractivity contribution is 5.79. The van der Waals surface area contributed by atoms with Crippen molar-refractivity contribution in [1.82, 2.24) is 0 Å². The fourth-order valence-electron chi connectivity index (χ4n) is 6.76. The second kappa shape index (κ2) is 7.27. The van der Waals surface area contributed by atoms with Gasteiger partial charge in [-0.3, -0.25) is 9.59 Å². The first-order chi connectivity index (χ1) is 13.2. The van der Waals surface area contributed by atoms with E-state index in [2.05, 4.69) is 48.5 Å². The van der Waals surface area contributed by atoms with Crippen LogP contribution in [0.4, 0.5) is 0 Å². The maximum absolute atomic E-state index is 13.9. The van der Waals surface area contributed by atoms with Gasteiger partial charge in [-0.2, -0.15) is 0 Å². The van der Waals surface area contributed by atoms with Crippen LogP contribution in [-0.2, 0) is 19.1 Å². The predicted molar refractivity (Wildman–Crippen MR) is 114 cm³/mol. The number of esters is 2. The molecule has 0 aromatic carbocycles. The Balaban J connectivity index is 1.95. The molecule has 4 nitrogen and oxygen atoms in total. The summed E-state index contributed by atoms with van der Waals surface area (Å²) in [6.45, 7) is 15.0. The molecule has 1 unspecified atom stereocenters. The predicted octanol–water partition coefficient (Wildman–Crippen LogP) is 5.78. The van der Waals surface area contributed by atoms with Crippen molar-refractivity contribution in [1.29, 1.82) is 0 Å². The van der Waals surface area contributed by atoms with Gasteiger partial charge in [-0.1, -0.05) is 41.5 Å². The molecule has 0 spiro atoms. The van der Waals surface area contributed by atoms with E-state index in [1.807, 2.05) is 0 Å². The average Bonchev–Trinajstić information content (AvgIpc) is 2.56. The minimum absolute atomic E-state index is 0.000621. The lowest BCUT2D eigenvalue weighted by Crippen LogP contribution is -2.62. The molecule has 0 aliphatic heterocycles. The lowest BCUT2D eigenvalue weighted by atomic mass is 9.49. The van der Waals surface area contributed by atoms with Gasteiger partial charge in [0.2, 0.25) is 0 Å². The molecule has 4 aliphatic rings. The Bertz CT molecular complexity index is 623. The molecule has 4 heteroatoms. The van der Waals surface area contributed by atoms with Crippen LogP contribution in [0.1, 0.15) is 93.4 Å². The molecule has 4 saturated carbocycles. The molecule has 0 aromatic rings. The van der Waals surface area contributed by atoms with Crippen LogP contribution in [0.15, 0.2) is 0 Å². The van der Waals surface area contributed by atoms with Gasteiger partial charge in [-0.15, -0.1) is 0 Å². The first-order valence-corrected chi connectivity index (χ1v) is 11.5. The Morgan fingerprint density at radius 1 is 0.862 bits per heavy atom. The van der Waals surface area contributed by atoms with Crippen LogP contribution < -0.4 is 0 Å². The van der Waals surface area contributed by atoms with Crippen LogP contribution in [0.3, 0.4) is 0 Å². The number of ether oxygens (including phenoxy) is 2. The summed E-state index contributed by atoms with van der Waals surface area (Å²) in [7, 11) is 1.44. The molecule has 0 amide bonds. The van der Waals surface area contributed by atoms with Crippen molar-refractivity contribution >= 4 is 11.9 Å². The molecule has 0 heterocycles. The molecule has 4 rings (SSSR count). The molecule has 0 aromatic heterocycles. The summed E-state index contributed by atoms with van der Waals surface area (Å²) >= 11 is 0. The van der Waals surface area contributed by atoms with Gasteiger partial charge in [0.1, 0.15) is 5.60 Å². The summed E-state index contributed by atoms with van der Waals surface area (Å²) in [5, 5.41) is 0. The van der Waals surface area contributed by atoms with Crippen molar-refractivity contribution in [2.75, 3.05) is 7.11 Å². The van der Waals surface area contributed by atoms with E-state index in [4.69, 9.17) is 9.47 Å². The highest BCUT2D eigenvalue weighted by Gasteiger charge is 2.62. The number of methoxy groups -OCH3 is 1. The second-order valence-corrected chi connectivity index (χ2v) is 12.7. The van der Waals surface area contributed by atoms with Crippen molar-refractivity contribution < 1.29 is 19.1 Å². The minimum atomic E-state index is -0.679. The van der Waals surface area contributed by atoms with E-state index in [9.17, 15) is 9.59 Å². The Morgan fingerprint density at radius 3 is 1.72 bits per heavy atom. The van der Waals surface area contributed by atoms with E-state index < -0.39 is 11.0 Å². The van der Waals surface area contributed by atoms with Crippen molar-refractivity contribution in [3.8, 4) is 0 Å². The summed E-state index contributed by atoms with van der Waals surface area (Å²) in [6, 6.07) is 0. The molecular weight excluding hydrogens is 364 g/mol. The molecule has 0 radical (unpaired) electrons. The van der Waals surface area contributed by atoms with Gasteiger partial charge in [0.25, 0.3) is 0 Å². The van der Waals surface area contributed by atoms with Crippen LogP contribution >= 0.6 is 0 Å². The van der Waals surface area contributed by atoms with Gasteiger partial charge < -0.3 is 9.47 Å². The summed E-state index contributed by atoms with van der Waals surface area (Å²) < 4.78 is 11.7. The third kappa shape index (κ3) is 4.10. The standard InChI is InChI=1S/C25H42O4/c1-22(2,3)15-24(7,23(4,5)6)21(27)29-25(14-20(26)28-8)18-10-16-9-17(12-18)13-19(25)11-16/h16-19H,9-15H2,1-8H3. The van der Waals surface area contributed by atoms with Gasteiger partial charge in [-0.05, 0) is 68.1 Å². The molecular formula is C25H42O4. The monoisotopic (exact) mass is 406 g/mol. The summed E-state index contributed by atoms with van der Waals surface area (Å²) in [6.07, 6.45) is 6.62. The highest BCUT2D eigenvalue weighted by atomic mass is 16.6. The SMILES string of the molecule is COC(=O)CC1(OC(=O)C(C)(CC(C)(C)C)C(C)(C)C)C2CC3CC(C2)CC1C3. The quantitative estimate of drug-likeness (QED) is 0.543. The van der Waals surface area contributed by atoms with Crippen molar-refractivity contribution in [3.63, 3.8) is 0 Å². The summed E-state index contributed by atoms with van der Waals surface area (Å²) in [4.78, 5) is 26.3. The number of rotatable bonds is 5. The molecule has 4 fully saturated rings. The van der Waals surface area contributed by atoms with Crippen LogP contribution in [0.25, 0.3) is 0 Å². The van der Waals surface area contributed by atoms with E-state index in [0.717, 1.165) is 43.9 Å². The Labute approximate surface area is 177 Å². The number of hydrogen-bond donors (Lipinski definition) is 0. The summed E-state index contributed by atoms with van der Waals surface area (Å²) in [5.74, 6) is 1.69. The van der Waals surface area contributed by atoms with Gasteiger partial charge >= 0.3 is 11.9 Å². The fraction of sp³-hybridized carbons (Fsp3) is 0.920. The van der Waals surface area contributed by atoms with Crippen LogP contribution in [0.5, 0.6) is 0 Å². The first kappa shape index (κ1) is 22.6. The zero-order valence-electron chi connectivity index (χ0n) is 19.9. The third-order valence-electron chi connectivity index (χ3n) is 8.44. The second-order valence-electron chi connectivity index (χ2n) is 12.7. The molecule has 4 bridgehead atoms. The topological polar surface area (TPSA) is 52.6 Å². The first-order valence-electron chi connectivity index (χ1n) is 11.5. The van der Waals surface area contributed by atoms with E-state index in [0.29, 0.717) is 11.8 Å². The minimum Gasteiger partial charge on any atom is -0.469 e.